The first-order valence-corrected chi connectivity index (χ1v) is 6.17. The Balaban J connectivity index is 0. The van der Waals surface area contributed by atoms with Gasteiger partial charge in [-0.05, 0) is 0 Å². The summed E-state index contributed by atoms with van der Waals surface area (Å²) in [6.45, 7) is 13.5. The summed E-state index contributed by atoms with van der Waals surface area (Å²) in [5.41, 5.74) is 0. The number of nitrogens with zero attached hydrogens (tertiary/aromatic N) is 2. The standard InChI is InChI=1S/C6H7N3O.3C2H6/c10-6-5-7-1-3-9(5)4-2-8-6;3*1-2/h1,3H,2,4H2,(H,8,10);3*1-2H3. The lowest BCUT2D eigenvalue weighted by atomic mass is 10.4. The van der Waals surface area contributed by atoms with Crippen molar-refractivity contribution in [2.45, 2.75) is 48.1 Å². The highest BCUT2D eigenvalue weighted by Crippen LogP contribution is 2.00. The molecule has 2 rings (SSSR count). The van der Waals surface area contributed by atoms with Crippen LogP contribution in [-0.2, 0) is 6.54 Å². The van der Waals surface area contributed by atoms with Crippen molar-refractivity contribution in [1.82, 2.24) is 14.9 Å². The summed E-state index contributed by atoms with van der Waals surface area (Å²) in [6.07, 6.45) is 3.45. The van der Waals surface area contributed by atoms with Crippen LogP contribution in [0.3, 0.4) is 0 Å². The fraction of sp³-hybridized carbons (Fsp3) is 0.667. The van der Waals surface area contributed by atoms with Crippen LogP contribution in [0.5, 0.6) is 0 Å². The zero-order valence-electron chi connectivity index (χ0n) is 11.4. The van der Waals surface area contributed by atoms with Gasteiger partial charge in [0, 0.05) is 25.5 Å². The van der Waals surface area contributed by atoms with E-state index < -0.39 is 0 Å². The minimum absolute atomic E-state index is 0.0729. The molecule has 4 heteroatoms. The number of amides is 1. The van der Waals surface area contributed by atoms with Crippen LogP contribution in [0.1, 0.15) is 52.2 Å². The van der Waals surface area contributed by atoms with Crippen molar-refractivity contribution >= 4 is 5.91 Å². The minimum atomic E-state index is -0.0729. The summed E-state index contributed by atoms with van der Waals surface area (Å²) < 4.78 is 1.85. The predicted molar refractivity (Wildman–Crippen MR) is 68.6 cm³/mol. The molecule has 1 N–H and O–H groups in total. The van der Waals surface area contributed by atoms with E-state index in [2.05, 4.69) is 10.3 Å². The lowest BCUT2D eigenvalue weighted by Gasteiger charge is -2.13. The Morgan fingerprint density at radius 1 is 1.19 bits per heavy atom. The summed E-state index contributed by atoms with van der Waals surface area (Å²) >= 11 is 0. The van der Waals surface area contributed by atoms with E-state index in [1.54, 1.807) is 6.20 Å². The van der Waals surface area contributed by atoms with Gasteiger partial charge in [0.15, 0.2) is 5.82 Å². The number of aromatic nitrogens is 2. The van der Waals surface area contributed by atoms with Gasteiger partial charge < -0.3 is 9.88 Å². The summed E-state index contributed by atoms with van der Waals surface area (Å²) in [4.78, 5) is 14.8. The first kappa shape index (κ1) is 17.1. The van der Waals surface area contributed by atoms with Gasteiger partial charge in [-0.15, -0.1) is 0 Å². The lowest BCUT2D eigenvalue weighted by Crippen LogP contribution is -2.35. The van der Waals surface area contributed by atoms with Crippen LogP contribution in [0, 0.1) is 0 Å². The molecule has 1 aromatic rings. The normalized spacial score (nSPS) is 11.2. The van der Waals surface area contributed by atoms with Gasteiger partial charge in [-0.25, -0.2) is 4.98 Å². The molecule has 94 valence electrons. The second-order valence-corrected chi connectivity index (χ2v) is 2.20. The largest absolute Gasteiger partial charge is 0.348 e. The summed E-state index contributed by atoms with van der Waals surface area (Å²) in [5.74, 6) is 0.447. The molecule has 1 aromatic heterocycles. The highest BCUT2D eigenvalue weighted by molar-refractivity contribution is 5.91. The monoisotopic (exact) mass is 227 g/mol. The Labute approximate surface area is 99.1 Å². The van der Waals surface area contributed by atoms with Gasteiger partial charge >= 0.3 is 0 Å². The Kier molecular flexibility index (Phi) is 12.6. The first-order chi connectivity index (χ1) is 7.88. The van der Waals surface area contributed by atoms with E-state index in [0.29, 0.717) is 12.4 Å². The van der Waals surface area contributed by atoms with Gasteiger partial charge in [0.2, 0.25) is 0 Å². The van der Waals surface area contributed by atoms with Gasteiger partial charge in [0.1, 0.15) is 0 Å². The fourth-order valence-electron chi connectivity index (χ4n) is 1.07. The van der Waals surface area contributed by atoms with Crippen molar-refractivity contribution in [2.75, 3.05) is 6.54 Å². The maximum absolute atomic E-state index is 11.0. The first-order valence-electron chi connectivity index (χ1n) is 6.17. The van der Waals surface area contributed by atoms with Crippen molar-refractivity contribution in [3.05, 3.63) is 18.2 Å². The fourth-order valence-corrected chi connectivity index (χ4v) is 1.07. The van der Waals surface area contributed by atoms with Crippen molar-refractivity contribution in [2.24, 2.45) is 0 Å². The number of carbonyl (C=O) groups is 1. The van der Waals surface area contributed by atoms with E-state index in [0.717, 1.165) is 6.54 Å². The van der Waals surface area contributed by atoms with Crippen LogP contribution in [0.4, 0.5) is 0 Å². The van der Waals surface area contributed by atoms with Gasteiger partial charge in [0.25, 0.3) is 5.91 Å². The lowest BCUT2D eigenvalue weighted by molar-refractivity contribution is 0.0922. The summed E-state index contributed by atoms with van der Waals surface area (Å²) in [7, 11) is 0. The molecule has 0 spiro atoms. The van der Waals surface area contributed by atoms with Crippen molar-refractivity contribution < 1.29 is 4.79 Å². The van der Waals surface area contributed by atoms with Gasteiger partial charge in [-0.2, -0.15) is 0 Å². The Morgan fingerprint density at radius 2 is 1.75 bits per heavy atom. The van der Waals surface area contributed by atoms with Crippen LogP contribution >= 0.6 is 0 Å². The predicted octanol–water partition coefficient (Wildman–Crippen LogP) is 2.71. The zero-order valence-corrected chi connectivity index (χ0v) is 11.4. The number of hydrogen-bond donors (Lipinski definition) is 1. The minimum Gasteiger partial charge on any atom is -0.348 e. The highest BCUT2D eigenvalue weighted by Gasteiger charge is 2.15. The average molecular weight is 227 g/mol. The molecule has 0 radical (unpaired) electrons. The maximum atomic E-state index is 11.0. The number of nitrogens with one attached hydrogen (secondary N) is 1. The zero-order chi connectivity index (χ0) is 13.0. The van der Waals surface area contributed by atoms with E-state index >= 15 is 0 Å². The number of fused-ring (bicyclic) bond motifs is 1. The SMILES string of the molecule is CC.CC.CC.O=C1NCCn2ccnc21. The number of hydrogen-bond acceptors (Lipinski definition) is 2. The highest BCUT2D eigenvalue weighted by atomic mass is 16.2. The molecule has 0 bridgehead atoms. The molecule has 1 amide bonds. The maximum Gasteiger partial charge on any atom is 0.287 e. The Hall–Kier alpha value is -1.32. The van der Waals surface area contributed by atoms with E-state index in [1.807, 2.05) is 52.3 Å². The molecule has 4 nitrogen and oxygen atoms in total. The number of rotatable bonds is 0. The van der Waals surface area contributed by atoms with Gasteiger partial charge in [-0.1, -0.05) is 41.5 Å². The molecule has 0 atom stereocenters. The molecule has 0 aliphatic carbocycles. The molecule has 0 saturated carbocycles. The second kappa shape index (κ2) is 11.8. The quantitative estimate of drug-likeness (QED) is 0.740. The van der Waals surface area contributed by atoms with Gasteiger partial charge in [-0.3, -0.25) is 4.79 Å². The van der Waals surface area contributed by atoms with E-state index in [1.165, 1.54) is 0 Å². The van der Waals surface area contributed by atoms with Crippen LogP contribution in [0.15, 0.2) is 12.4 Å². The number of imidazole rings is 1. The average Bonchev–Trinajstić information content (AvgIpc) is 2.87. The summed E-state index contributed by atoms with van der Waals surface area (Å²) in [6, 6.07) is 0. The summed E-state index contributed by atoms with van der Waals surface area (Å²) in [5, 5.41) is 2.70. The second-order valence-electron chi connectivity index (χ2n) is 2.20. The third kappa shape index (κ3) is 4.96. The molecular weight excluding hydrogens is 202 g/mol. The van der Waals surface area contributed by atoms with Gasteiger partial charge in [0.05, 0.1) is 0 Å². The molecule has 1 aliphatic rings. The molecule has 0 aromatic carbocycles. The van der Waals surface area contributed by atoms with Crippen molar-refractivity contribution in [3.63, 3.8) is 0 Å². The van der Waals surface area contributed by atoms with Crippen LogP contribution < -0.4 is 5.32 Å². The van der Waals surface area contributed by atoms with Crippen molar-refractivity contribution in [3.8, 4) is 0 Å². The van der Waals surface area contributed by atoms with E-state index in [9.17, 15) is 4.79 Å². The van der Waals surface area contributed by atoms with Crippen LogP contribution in [0.2, 0.25) is 0 Å². The molecule has 0 saturated heterocycles. The van der Waals surface area contributed by atoms with Crippen LogP contribution in [0.25, 0.3) is 0 Å². The third-order valence-corrected chi connectivity index (χ3v) is 1.56. The topological polar surface area (TPSA) is 46.9 Å². The van der Waals surface area contributed by atoms with E-state index in [4.69, 9.17) is 0 Å². The molecule has 0 unspecified atom stereocenters. The van der Waals surface area contributed by atoms with Crippen LogP contribution in [-0.4, -0.2) is 22.0 Å². The molecular formula is C12H25N3O. The molecule has 2 heterocycles. The Bertz CT molecular complexity index is 269. The molecule has 16 heavy (non-hydrogen) atoms. The third-order valence-electron chi connectivity index (χ3n) is 1.56. The van der Waals surface area contributed by atoms with E-state index in [-0.39, 0.29) is 5.91 Å². The Morgan fingerprint density at radius 3 is 2.25 bits per heavy atom. The number of carbonyl (C=O) groups excluding carboxylic acids is 1. The molecule has 0 fully saturated rings. The smallest absolute Gasteiger partial charge is 0.287 e. The molecule has 1 aliphatic heterocycles. The van der Waals surface area contributed by atoms with Crippen molar-refractivity contribution in [1.29, 1.82) is 0 Å².